The molecule has 0 saturated carbocycles. The van der Waals surface area contributed by atoms with Crippen LogP contribution in [0.4, 0.5) is 11.5 Å². The van der Waals surface area contributed by atoms with E-state index in [1.54, 1.807) is 17.5 Å². The van der Waals surface area contributed by atoms with Crippen molar-refractivity contribution in [3.63, 3.8) is 0 Å². The van der Waals surface area contributed by atoms with Crippen LogP contribution >= 0.6 is 11.3 Å². The maximum Gasteiger partial charge on any atom is 0.128 e. The Labute approximate surface area is 99.5 Å². The van der Waals surface area contributed by atoms with Gasteiger partial charge in [-0.25, -0.2) is 4.98 Å². The average molecular weight is 233 g/mol. The van der Waals surface area contributed by atoms with Crippen LogP contribution in [0, 0.1) is 0 Å². The molecule has 0 aliphatic heterocycles. The van der Waals surface area contributed by atoms with Crippen molar-refractivity contribution in [1.29, 1.82) is 0 Å². The molecule has 3 nitrogen and oxygen atoms in total. The topological polar surface area (TPSA) is 42.1 Å². The van der Waals surface area contributed by atoms with E-state index in [-0.39, 0.29) is 0 Å². The summed E-state index contributed by atoms with van der Waals surface area (Å²) in [7, 11) is 2.05. The van der Waals surface area contributed by atoms with Crippen LogP contribution in [0.15, 0.2) is 35.8 Å². The summed E-state index contributed by atoms with van der Waals surface area (Å²) in [6, 6.07) is 8.07. The van der Waals surface area contributed by atoms with Crippen molar-refractivity contribution in [3.8, 4) is 0 Å². The zero-order valence-corrected chi connectivity index (χ0v) is 10.1. The van der Waals surface area contributed by atoms with Crippen molar-refractivity contribution in [2.75, 3.05) is 24.2 Å². The van der Waals surface area contributed by atoms with Gasteiger partial charge in [0.05, 0.1) is 11.9 Å². The molecule has 0 amide bonds. The molecule has 0 spiro atoms. The Balaban J connectivity index is 1.93. The van der Waals surface area contributed by atoms with Gasteiger partial charge in [0.1, 0.15) is 5.82 Å². The van der Waals surface area contributed by atoms with E-state index in [2.05, 4.69) is 27.4 Å². The summed E-state index contributed by atoms with van der Waals surface area (Å²) in [5, 5.41) is 2.11. The van der Waals surface area contributed by atoms with Gasteiger partial charge in [0.25, 0.3) is 0 Å². The second-order valence-electron chi connectivity index (χ2n) is 3.70. The summed E-state index contributed by atoms with van der Waals surface area (Å²) in [4.78, 5) is 7.83. The molecule has 4 heteroatoms. The summed E-state index contributed by atoms with van der Waals surface area (Å²) < 4.78 is 0. The van der Waals surface area contributed by atoms with Gasteiger partial charge in [0, 0.05) is 18.5 Å². The number of likely N-dealkylation sites (N-methyl/N-ethyl adjacent to an activating group) is 1. The molecule has 0 aliphatic rings. The largest absolute Gasteiger partial charge is 0.397 e. The van der Waals surface area contributed by atoms with Crippen LogP contribution in [0.2, 0.25) is 0 Å². The minimum atomic E-state index is 0.704. The maximum atomic E-state index is 5.60. The Morgan fingerprint density at radius 3 is 2.88 bits per heavy atom. The second-order valence-corrected chi connectivity index (χ2v) is 4.73. The third-order valence-corrected chi connectivity index (χ3v) is 3.37. The highest BCUT2D eigenvalue weighted by atomic mass is 32.1. The molecule has 84 valence electrons. The molecule has 16 heavy (non-hydrogen) atoms. The normalized spacial score (nSPS) is 10.3. The third kappa shape index (κ3) is 2.73. The van der Waals surface area contributed by atoms with Crippen molar-refractivity contribution in [2.24, 2.45) is 0 Å². The smallest absolute Gasteiger partial charge is 0.128 e. The molecular weight excluding hydrogens is 218 g/mol. The highest BCUT2D eigenvalue weighted by Crippen LogP contribution is 2.13. The minimum Gasteiger partial charge on any atom is -0.397 e. The average Bonchev–Trinajstić information content (AvgIpc) is 2.80. The fourth-order valence-corrected chi connectivity index (χ4v) is 2.17. The van der Waals surface area contributed by atoms with Gasteiger partial charge in [-0.2, -0.15) is 0 Å². The summed E-state index contributed by atoms with van der Waals surface area (Å²) in [5.41, 5.74) is 6.30. The molecular formula is C12H15N3S. The maximum absolute atomic E-state index is 5.60. The number of nitrogen functional groups attached to an aromatic ring is 1. The van der Waals surface area contributed by atoms with Crippen LogP contribution in [0.25, 0.3) is 0 Å². The van der Waals surface area contributed by atoms with Gasteiger partial charge in [-0.05, 0) is 30.0 Å². The molecule has 0 unspecified atom stereocenters. The Bertz CT molecular complexity index is 422. The number of rotatable bonds is 4. The molecule has 2 aromatic rings. The zero-order valence-electron chi connectivity index (χ0n) is 9.26. The molecule has 2 heterocycles. The van der Waals surface area contributed by atoms with Crippen LogP contribution in [0.5, 0.6) is 0 Å². The fraction of sp³-hybridized carbons (Fsp3) is 0.250. The Morgan fingerprint density at radius 2 is 2.25 bits per heavy atom. The first-order valence-corrected chi connectivity index (χ1v) is 6.09. The number of aromatic nitrogens is 1. The Hall–Kier alpha value is -1.55. The summed E-state index contributed by atoms with van der Waals surface area (Å²) in [6.07, 6.45) is 2.75. The first-order chi connectivity index (χ1) is 7.75. The Kier molecular flexibility index (Phi) is 3.41. The SMILES string of the molecule is CN(CCc1cccs1)c1ccc(N)cn1. The fourth-order valence-electron chi connectivity index (χ4n) is 1.47. The van der Waals surface area contributed by atoms with Gasteiger partial charge in [-0.1, -0.05) is 6.07 Å². The van der Waals surface area contributed by atoms with Crippen molar-refractivity contribution >= 4 is 22.8 Å². The van der Waals surface area contributed by atoms with E-state index >= 15 is 0 Å². The number of hydrogen-bond donors (Lipinski definition) is 1. The van der Waals surface area contributed by atoms with Crippen molar-refractivity contribution in [1.82, 2.24) is 4.98 Å². The molecule has 0 atom stereocenters. The molecule has 2 N–H and O–H groups in total. The van der Waals surface area contributed by atoms with E-state index in [1.807, 2.05) is 19.2 Å². The van der Waals surface area contributed by atoms with E-state index in [0.717, 1.165) is 18.8 Å². The summed E-state index contributed by atoms with van der Waals surface area (Å²) in [6.45, 7) is 0.970. The Morgan fingerprint density at radius 1 is 1.38 bits per heavy atom. The lowest BCUT2D eigenvalue weighted by molar-refractivity contribution is 0.869. The van der Waals surface area contributed by atoms with Crippen molar-refractivity contribution in [2.45, 2.75) is 6.42 Å². The highest BCUT2D eigenvalue weighted by Gasteiger charge is 2.02. The van der Waals surface area contributed by atoms with E-state index in [1.165, 1.54) is 4.88 Å². The van der Waals surface area contributed by atoms with Crippen LogP contribution in [-0.2, 0) is 6.42 Å². The highest BCUT2D eigenvalue weighted by molar-refractivity contribution is 7.09. The lowest BCUT2D eigenvalue weighted by atomic mass is 10.3. The van der Waals surface area contributed by atoms with Gasteiger partial charge in [-0.3, -0.25) is 0 Å². The molecule has 0 aromatic carbocycles. The van der Waals surface area contributed by atoms with Crippen LogP contribution in [0.3, 0.4) is 0 Å². The van der Waals surface area contributed by atoms with Gasteiger partial charge in [0.2, 0.25) is 0 Å². The van der Waals surface area contributed by atoms with E-state index < -0.39 is 0 Å². The van der Waals surface area contributed by atoms with Crippen molar-refractivity contribution < 1.29 is 0 Å². The minimum absolute atomic E-state index is 0.704. The van der Waals surface area contributed by atoms with Crippen LogP contribution in [-0.4, -0.2) is 18.6 Å². The van der Waals surface area contributed by atoms with Crippen molar-refractivity contribution in [3.05, 3.63) is 40.7 Å². The molecule has 2 aromatic heterocycles. The molecule has 0 radical (unpaired) electrons. The lowest BCUT2D eigenvalue weighted by Gasteiger charge is -2.17. The molecule has 0 bridgehead atoms. The molecule has 0 saturated heterocycles. The van der Waals surface area contributed by atoms with E-state index in [0.29, 0.717) is 5.69 Å². The van der Waals surface area contributed by atoms with Crippen LogP contribution in [0.1, 0.15) is 4.88 Å². The predicted octanol–water partition coefficient (Wildman–Crippen LogP) is 2.40. The van der Waals surface area contributed by atoms with E-state index in [4.69, 9.17) is 5.73 Å². The van der Waals surface area contributed by atoms with Gasteiger partial charge >= 0.3 is 0 Å². The standard InChI is InChI=1S/C12H15N3S/c1-15(7-6-11-3-2-8-16-11)12-5-4-10(13)9-14-12/h2-5,8-9H,6-7,13H2,1H3. The van der Waals surface area contributed by atoms with Gasteiger partial charge in [0.15, 0.2) is 0 Å². The summed E-state index contributed by atoms with van der Waals surface area (Å²) in [5.74, 6) is 0.964. The first-order valence-electron chi connectivity index (χ1n) is 5.21. The first kappa shape index (κ1) is 11.0. The molecule has 0 fully saturated rings. The summed E-state index contributed by atoms with van der Waals surface area (Å²) >= 11 is 1.80. The van der Waals surface area contributed by atoms with Gasteiger partial charge < -0.3 is 10.6 Å². The number of anilines is 2. The molecule has 0 aliphatic carbocycles. The van der Waals surface area contributed by atoms with Crippen LogP contribution < -0.4 is 10.6 Å². The van der Waals surface area contributed by atoms with E-state index in [9.17, 15) is 0 Å². The number of hydrogen-bond acceptors (Lipinski definition) is 4. The number of nitrogens with two attached hydrogens (primary N) is 1. The predicted molar refractivity (Wildman–Crippen MR) is 69.9 cm³/mol. The quantitative estimate of drug-likeness (QED) is 0.881. The lowest BCUT2D eigenvalue weighted by Crippen LogP contribution is -2.20. The molecule has 2 rings (SSSR count). The monoisotopic (exact) mass is 233 g/mol. The number of pyridine rings is 1. The number of nitrogens with zero attached hydrogens (tertiary/aromatic N) is 2. The third-order valence-electron chi connectivity index (χ3n) is 2.44. The van der Waals surface area contributed by atoms with Gasteiger partial charge in [-0.15, -0.1) is 11.3 Å². The number of thiophene rings is 1. The second kappa shape index (κ2) is 4.99. The zero-order chi connectivity index (χ0) is 11.4.